The second-order valence-corrected chi connectivity index (χ2v) is 8.29. The van der Waals surface area contributed by atoms with Crippen LogP contribution in [-0.2, 0) is 11.0 Å². The van der Waals surface area contributed by atoms with Crippen LogP contribution in [0.15, 0.2) is 76.3 Å². The van der Waals surface area contributed by atoms with Crippen LogP contribution in [0.25, 0.3) is 11.1 Å². The molecule has 1 aromatic carbocycles. The van der Waals surface area contributed by atoms with Crippen molar-refractivity contribution in [2.45, 2.75) is 18.4 Å². The minimum atomic E-state index is -4.75. The molecule has 0 fully saturated rings. The number of carbonyl (C=O) groups excluding carboxylic acids is 1. The Kier molecular flexibility index (Phi) is 6.54. The molecule has 0 bridgehead atoms. The molecule has 4 N–H and O–H groups in total. The van der Waals surface area contributed by atoms with Crippen LogP contribution < -0.4 is 16.6 Å². The molecule has 1 aliphatic rings. The number of pyridine rings is 2. The maximum absolute atomic E-state index is 16.0. The normalized spacial score (nSPS) is 18.4. The lowest BCUT2D eigenvalue weighted by atomic mass is 9.80. The first kappa shape index (κ1) is 25.3. The quantitative estimate of drug-likeness (QED) is 0.332. The van der Waals surface area contributed by atoms with Crippen molar-refractivity contribution in [2.24, 2.45) is 5.73 Å². The van der Waals surface area contributed by atoms with Gasteiger partial charge in [-0.1, -0.05) is 23.7 Å². The minimum absolute atomic E-state index is 0.0494. The number of H-pyrrole nitrogens is 1. The summed E-state index contributed by atoms with van der Waals surface area (Å²) in [7, 11) is 0. The second-order valence-electron chi connectivity index (χ2n) is 7.91. The maximum atomic E-state index is 16.0. The predicted octanol–water partition coefficient (Wildman–Crippen LogP) is 5.00. The molecule has 0 radical (unpaired) electrons. The number of rotatable bonds is 4. The number of hydrogen-bond acceptors (Lipinski definition) is 4. The Hall–Kier alpha value is -3.83. The molecular formula is C24H16ClF5N4O2. The average molecular weight is 523 g/mol. The lowest BCUT2D eigenvalue weighted by Gasteiger charge is -2.33. The molecule has 3 aromatic rings. The number of nitrogens with one attached hydrogen (secondary N) is 2. The van der Waals surface area contributed by atoms with E-state index in [0.717, 1.165) is 30.5 Å². The van der Waals surface area contributed by atoms with Crippen molar-refractivity contribution >= 4 is 34.3 Å². The van der Waals surface area contributed by atoms with Crippen molar-refractivity contribution in [1.82, 2.24) is 9.97 Å². The molecule has 0 saturated carbocycles. The standard InChI is InChI=1S/C24H16ClF5N4O2/c25-21-16(22(36)34-15-7-8-32-17(9-15)24(28,29)30)10-23(27,31)20(12-1-4-14(26)5-2-12)19(21)13-3-6-18(35)33-11-13/h1-9,11H,10,31H2,(H,33,35)(H,32,34,36). The molecule has 1 atom stereocenters. The summed E-state index contributed by atoms with van der Waals surface area (Å²) in [6, 6.07) is 8.95. The number of nitrogens with two attached hydrogens (primary N) is 1. The highest BCUT2D eigenvalue weighted by Crippen LogP contribution is 2.48. The number of amides is 1. The van der Waals surface area contributed by atoms with Crippen LogP contribution in [0, 0.1) is 5.82 Å². The van der Waals surface area contributed by atoms with E-state index in [1.807, 2.05) is 0 Å². The Morgan fingerprint density at radius 2 is 1.78 bits per heavy atom. The molecule has 2 heterocycles. The van der Waals surface area contributed by atoms with Gasteiger partial charge in [-0.25, -0.2) is 8.78 Å². The van der Waals surface area contributed by atoms with Crippen LogP contribution in [0.4, 0.5) is 27.6 Å². The zero-order valence-corrected chi connectivity index (χ0v) is 18.8. The number of halogens is 6. The van der Waals surface area contributed by atoms with E-state index in [1.54, 1.807) is 0 Å². The van der Waals surface area contributed by atoms with Crippen LogP contribution in [0.5, 0.6) is 0 Å². The lowest BCUT2D eigenvalue weighted by Crippen LogP contribution is -2.41. The summed E-state index contributed by atoms with van der Waals surface area (Å²) >= 11 is 6.57. The van der Waals surface area contributed by atoms with Gasteiger partial charge in [-0.3, -0.25) is 20.3 Å². The third kappa shape index (κ3) is 5.07. The summed E-state index contributed by atoms with van der Waals surface area (Å²) in [5, 5.41) is 2.01. The van der Waals surface area contributed by atoms with Gasteiger partial charge in [0.1, 0.15) is 11.5 Å². The maximum Gasteiger partial charge on any atom is 0.433 e. The van der Waals surface area contributed by atoms with Gasteiger partial charge in [0.25, 0.3) is 5.91 Å². The van der Waals surface area contributed by atoms with Crippen molar-refractivity contribution in [3.8, 4) is 0 Å². The van der Waals surface area contributed by atoms with Gasteiger partial charge in [0.05, 0.1) is 5.03 Å². The van der Waals surface area contributed by atoms with Crippen LogP contribution in [-0.4, -0.2) is 21.7 Å². The van der Waals surface area contributed by atoms with Crippen LogP contribution in [0.3, 0.4) is 0 Å². The summed E-state index contributed by atoms with van der Waals surface area (Å²) in [6.45, 7) is 0. The molecule has 1 amide bonds. The fourth-order valence-corrected chi connectivity index (χ4v) is 4.14. The van der Waals surface area contributed by atoms with E-state index in [0.29, 0.717) is 6.07 Å². The fourth-order valence-electron chi connectivity index (χ4n) is 3.78. The highest BCUT2D eigenvalue weighted by Gasteiger charge is 2.42. The molecule has 0 aliphatic heterocycles. The Balaban J connectivity index is 1.86. The molecule has 1 unspecified atom stereocenters. The molecule has 0 saturated heterocycles. The molecular weight excluding hydrogens is 507 g/mol. The molecule has 12 heteroatoms. The predicted molar refractivity (Wildman–Crippen MR) is 124 cm³/mol. The summed E-state index contributed by atoms with van der Waals surface area (Å²) in [5.41, 5.74) is 3.84. The third-order valence-electron chi connectivity index (χ3n) is 5.37. The van der Waals surface area contributed by atoms with Gasteiger partial charge in [0.15, 0.2) is 5.79 Å². The topological polar surface area (TPSA) is 101 Å². The third-order valence-corrected chi connectivity index (χ3v) is 5.79. The van der Waals surface area contributed by atoms with Crippen molar-refractivity contribution in [3.63, 3.8) is 0 Å². The average Bonchev–Trinajstić information content (AvgIpc) is 2.81. The molecule has 36 heavy (non-hydrogen) atoms. The SMILES string of the molecule is NC1(F)CC(C(=O)Nc2ccnc(C(F)(F)F)c2)=C(Cl)C(c2ccc(=O)[nH]c2)=C1c1ccc(F)cc1. The summed E-state index contributed by atoms with van der Waals surface area (Å²) < 4.78 is 68.5. The van der Waals surface area contributed by atoms with Crippen molar-refractivity contribution < 1.29 is 26.7 Å². The van der Waals surface area contributed by atoms with Crippen molar-refractivity contribution in [2.75, 3.05) is 5.32 Å². The highest BCUT2D eigenvalue weighted by atomic mass is 35.5. The molecule has 6 nitrogen and oxygen atoms in total. The molecule has 186 valence electrons. The number of aromatic amines is 1. The van der Waals surface area contributed by atoms with Gasteiger partial charge in [-0.15, -0.1) is 0 Å². The number of hydrogen-bond donors (Lipinski definition) is 3. The number of anilines is 1. The second kappa shape index (κ2) is 9.32. The Bertz CT molecular complexity index is 1440. The number of alkyl halides is 4. The Morgan fingerprint density at radius 3 is 2.39 bits per heavy atom. The van der Waals surface area contributed by atoms with Crippen molar-refractivity contribution in [1.29, 1.82) is 0 Å². The van der Waals surface area contributed by atoms with Gasteiger partial charge < -0.3 is 10.3 Å². The smallest absolute Gasteiger partial charge is 0.328 e. The van der Waals surface area contributed by atoms with Gasteiger partial charge in [-0.2, -0.15) is 13.2 Å². The van der Waals surface area contributed by atoms with Crippen molar-refractivity contribution in [3.05, 3.63) is 105 Å². The van der Waals surface area contributed by atoms with E-state index in [9.17, 15) is 27.2 Å². The van der Waals surface area contributed by atoms with E-state index in [2.05, 4.69) is 15.3 Å². The number of benzene rings is 1. The van der Waals surface area contributed by atoms with Crippen LogP contribution in [0.1, 0.15) is 23.2 Å². The van der Waals surface area contributed by atoms with E-state index in [-0.39, 0.29) is 38.6 Å². The first-order valence-electron chi connectivity index (χ1n) is 10.3. The summed E-state index contributed by atoms with van der Waals surface area (Å²) in [4.78, 5) is 30.2. The number of aromatic nitrogens is 2. The zero-order valence-electron chi connectivity index (χ0n) is 18.1. The van der Waals surface area contributed by atoms with Crippen LogP contribution in [0.2, 0.25) is 0 Å². The van der Waals surface area contributed by atoms with Crippen LogP contribution >= 0.6 is 11.6 Å². The summed E-state index contributed by atoms with van der Waals surface area (Å²) in [5.74, 6) is -4.28. The fraction of sp³-hybridized carbons (Fsp3) is 0.125. The summed E-state index contributed by atoms with van der Waals surface area (Å²) in [6.07, 6.45) is -3.40. The monoisotopic (exact) mass is 522 g/mol. The Morgan fingerprint density at radius 1 is 1.11 bits per heavy atom. The zero-order chi connectivity index (χ0) is 26.3. The van der Waals surface area contributed by atoms with Gasteiger partial charge in [0.2, 0.25) is 5.56 Å². The molecule has 4 rings (SSSR count). The van der Waals surface area contributed by atoms with Gasteiger partial charge in [-0.05, 0) is 41.5 Å². The number of nitrogens with zero attached hydrogens (tertiary/aromatic N) is 1. The van der Waals surface area contributed by atoms with Gasteiger partial charge >= 0.3 is 6.18 Å². The van der Waals surface area contributed by atoms with Gasteiger partial charge in [0, 0.05) is 47.3 Å². The lowest BCUT2D eigenvalue weighted by molar-refractivity contribution is -0.141. The molecule has 2 aromatic heterocycles. The first-order valence-corrected chi connectivity index (χ1v) is 10.7. The van der Waals surface area contributed by atoms with E-state index >= 15 is 4.39 Å². The van der Waals surface area contributed by atoms with E-state index in [1.165, 1.54) is 24.4 Å². The molecule has 0 spiro atoms. The highest BCUT2D eigenvalue weighted by molar-refractivity contribution is 6.42. The molecule has 1 aliphatic carbocycles. The minimum Gasteiger partial charge on any atom is -0.328 e. The number of allylic oxidation sites excluding steroid dienone is 2. The first-order chi connectivity index (χ1) is 16.9. The largest absolute Gasteiger partial charge is 0.433 e. The van der Waals surface area contributed by atoms with E-state index in [4.69, 9.17) is 17.3 Å². The Labute approximate surface area is 205 Å². The van der Waals surface area contributed by atoms with E-state index < -0.39 is 41.4 Å². The number of carbonyl (C=O) groups is 1.